The fraction of sp³-hybridized carbons (Fsp3) is 0.818. The van der Waals surface area contributed by atoms with Gasteiger partial charge in [-0.25, -0.2) is 9.59 Å². The molecule has 2 N–H and O–H groups in total. The van der Waals surface area contributed by atoms with E-state index in [1.54, 1.807) is 13.2 Å². The maximum absolute atomic E-state index is 12.0. The molecule has 1 aliphatic rings. The first-order valence-electron chi connectivity index (χ1n) is 6.01. The topological polar surface area (TPSA) is 86.7 Å². The fourth-order valence-electron chi connectivity index (χ4n) is 2.12. The standard InChI is InChI=1S/C11H20N2O4S/c1-8(7-18(2)17)12-11(16)13-6-4-3-5-9(13)10(14)15/h8-9H,3-7H2,1-2H3,(H,12,16)(H,14,15). The number of nitrogens with zero attached hydrogens (tertiary/aromatic N) is 1. The average Bonchev–Trinajstić information content (AvgIpc) is 2.27. The Hall–Kier alpha value is -1.11. The highest BCUT2D eigenvalue weighted by Gasteiger charge is 2.32. The molecule has 0 saturated carbocycles. The molecule has 7 heteroatoms. The van der Waals surface area contributed by atoms with Crippen molar-refractivity contribution in [3.63, 3.8) is 0 Å². The van der Waals surface area contributed by atoms with Gasteiger partial charge in [0.05, 0.1) is 0 Å². The van der Waals surface area contributed by atoms with Crippen molar-refractivity contribution in [3.05, 3.63) is 0 Å². The van der Waals surface area contributed by atoms with Gasteiger partial charge in [-0.1, -0.05) is 0 Å². The van der Waals surface area contributed by atoms with Gasteiger partial charge in [0.1, 0.15) is 6.04 Å². The van der Waals surface area contributed by atoms with Crippen LogP contribution < -0.4 is 5.32 Å². The average molecular weight is 276 g/mol. The molecule has 0 aromatic carbocycles. The first-order chi connectivity index (χ1) is 8.41. The van der Waals surface area contributed by atoms with Crippen molar-refractivity contribution in [1.82, 2.24) is 10.2 Å². The van der Waals surface area contributed by atoms with E-state index in [1.807, 2.05) is 0 Å². The molecule has 1 heterocycles. The van der Waals surface area contributed by atoms with Crippen molar-refractivity contribution in [1.29, 1.82) is 0 Å². The maximum atomic E-state index is 12.0. The van der Waals surface area contributed by atoms with Gasteiger partial charge in [-0.15, -0.1) is 0 Å². The van der Waals surface area contributed by atoms with E-state index in [-0.39, 0.29) is 12.1 Å². The Morgan fingerprint density at radius 2 is 2.17 bits per heavy atom. The van der Waals surface area contributed by atoms with Gasteiger partial charge in [-0.2, -0.15) is 0 Å². The second kappa shape index (κ2) is 6.72. The third kappa shape index (κ3) is 4.29. The summed E-state index contributed by atoms with van der Waals surface area (Å²) in [5, 5.41) is 11.8. The van der Waals surface area contributed by atoms with Gasteiger partial charge in [0.2, 0.25) is 0 Å². The number of carbonyl (C=O) groups excluding carboxylic acids is 1. The van der Waals surface area contributed by atoms with Gasteiger partial charge < -0.3 is 15.3 Å². The van der Waals surface area contributed by atoms with E-state index in [9.17, 15) is 13.8 Å². The number of amides is 2. The first-order valence-corrected chi connectivity index (χ1v) is 7.74. The van der Waals surface area contributed by atoms with Crippen LogP contribution in [0.3, 0.4) is 0 Å². The van der Waals surface area contributed by atoms with Gasteiger partial charge >= 0.3 is 12.0 Å². The molecule has 0 spiro atoms. The van der Waals surface area contributed by atoms with Crippen molar-refractivity contribution in [2.75, 3.05) is 18.6 Å². The molecule has 104 valence electrons. The molecule has 0 aliphatic carbocycles. The summed E-state index contributed by atoms with van der Waals surface area (Å²) in [6, 6.07) is -1.34. The van der Waals surface area contributed by atoms with Gasteiger partial charge in [-0.05, 0) is 26.2 Å². The van der Waals surface area contributed by atoms with Crippen LogP contribution in [-0.4, -0.2) is 56.9 Å². The predicted octanol–water partition coefficient (Wildman–Crippen LogP) is 0.402. The maximum Gasteiger partial charge on any atom is 0.326 e. The molecule has 2 amide bonds. The van der Waals surface area contributed by atoms with E-state index in [2.05, 4.69) is 5.32 Å². The van der Waals surface area contributed by atoms with Gasteiger partial charge in [0.15, 0.2) is 0 Å². The number of rotatable bonds is 4. The molecule has 1 saturated heterocycles. The lowest BCUT2D eigenvalue weighted by atomic mass is 10.0. The zero-order valence-electron chi connectivity index (χ0n) is 10.7. The SMILES string of the molecule is CC(CS(C)=O)NC(=O)N1CCCCC1C(=O)O. The van der Waals surface area contributed by atoms with Crippen molar-refractivity contribution >= 4 is 22.8 Å². The lowest BCUT2D eigenvalue weighted by molar-refractivity contribution is -0.143. The molecule has 1 aliphatic heterocycles. The van der Waals surface area contributed by atoms with E-state index in [0.29, 0.717) is 18.7 Å². The van der Waals surface area contributed by atoms with Crippen LogP contribution in [0.15, 0.2) is 0 Å². The number of carboxylic acid groups (broad SMARTS) is 1. The Morgan fingerprint density at radius 1 is 1.50 bits per heavy atom. The molecular formula is C11H20N2O4S. The van der Waals surface area contributed by atoms with Crippen LogP contribution in [0.1, 0.15) is 26.2 Å². The van der Waals surface area contributed by atoms with E-state index < -0.39 is 22.8 Å². The zero-order chi connectivity index (χ0) is 13.7. The number of carboxylic acids is 1. The molecule has 3 unspecified atom stereocenters. The zero-order valence-corrected chi connectivity index (χ0v) is 11.5. The molecule has 6 nitrogen and oxygen atoms in total. The Labute approximate surface area is 109 Å². The van der Waals surface area contributed by atoms with Gasteiger partial charge in [0, 0.05) is 35.4 Å². The number of hydrogen-bond donors (Lipinski definition) is 2. The van der Waals surface area contributed by atoms with Gasteiger partial charge in [0.25, 0.3) is 0 Å². The predicted molar refractivity (Wildman–Crippen MR) is 68.9 cm³/mol. The van der Waals surface area contributed by atoms with Crippen molar-refractivity contribution in [2.24, 2.45) is 0 Å². The summed E-state index contributed by atoms with van der Waals surface area (Å²) >= 11 is 0. The molecular weight excluding hydrogens is 256 g/mol. The summed E-state index contributed by atoms with van der Waals surface area (Å²) in [6.45, 7) is 2.23. The number of carbonyl (C=O) groups is 2. The van der Waals surface area contributed by atoms with Crippen LogP contribution in [0, 0.1) is 0 Å². The monoisotopic (exact) mass is 276 g/mol. The quantitative estimate of drug-likeness (QED) is 0.778. The van der Waals surface area contributed by atoms with Gasteiger partial charge in [-0.3, -0.25) is 4.21 Å². The molecule has 1 rings (SSSR count). The van der Waals surface area contributed by atoms with E-state index in [0.717, 1.165) is 12.8 Å². The molecule has 1 fully saturated rings. The Morgan fingerprint density at radius 3 is 2.72 bits per heavy atom. The summed E-state index contributed by atoms with van der Waals surface area (Å²) in [4.78, 5) is 24.4. The van der Waals surface area contributed by atoms with Crippen LogP contribution in [0.25, 0.3) is 0 Å². The van der Waals surface area contributed by atoms with E-state index in [1.165, 1.54) is 4.90 Å². The highest BCUT2D eigenvalue weighted by Crippen LogP contribution is 2.17. The van der Waals surface area contributed by atoms with E-state index in [4.69, 9.17) is 5.11 Å². The van der Waals surface area contributed by atoms with Crippen LogP contribution in [0.4, 0.5) is 4.79 Å². The van der Waals surface area contributed by atoms with Crippen LogP contribution >= 0.6 is 0 Å². The molecule has 0 aromatic rings. The Bertz CT molecular complexity index is 348. The summed E-state index contributed by atoms with van der Waals surface area (Å²) in [5.74, 6) is -0.589. The number of likely N-dealkylation sites (tertiary alicyclic amines) is 1. The minimum atomic E-state index is -0.984. The third-order valence-corrected chi connectivity index (χ3v) is 3.87. The normalized spacial score (nSPS) is 23.2. The summed E-state index contributed by atoms with van der Waals surface area (Å²) in [7, 11) is -0.984. The Kier molecular flexibility index (Phi) is 5.58. The van der Waals surface area contributed by atoms with Crippen molar-refractivity contribution in [3.8, 4) is 0 Å². The minimum absolute atomic E-state index is 0.222. The molecule has 0 aromatic heterocycles. The smallest absolute Gasteiger partial charge is 0.326 e. The Balaban J connectivity index is 2.58. The van der Waals surface area contributed by atoms with E-state index >= 15 is 0 Å². The number of nitrogens with one attached hydrogen (secondary N) is 1. The summed E-state index contributed by atoms with van der Waals surface area (Å²) in [5.41, 5.74) is 0. The second-order valence-electron chi connectivity index (χ2n) is 4.63. The van der Waals surface area contributed by atoms with Crippen molar-refractivity contribution < 1.29 is 18.9 Å². The molecule has 0 radical (unpaired) electrons. The molecule has 3 atom stereocenters. The fourth-order valence-corrected chi connectivity index (χ4v) is 2.91. The summed E-state index contributed by atoms with van der Waals surface area (Å²) < 4.78 is 11.0. The molecule has 18 heavy (non-hydrogen) atoms. The minimum Gasteiger partial charge on any atom is -0.480 e. The number of urea groups is 1. The summed E-state index contributed by atoms with van der Waals surface area (Å²) in [6.07, 6.45) is 3.72. The van der Waals surface area contributed by atoms with Crippen LogP contribution in [-0.2, 0) is 15.6 Å². The van der Waals surface area contributed by atoms with Crippen molar-refractivity contribution in [2.45, 2.75) is 38.3 Å². The number of aliphatic carboxylic acids is 1. The third-order valence-electron chi connectivity index (χ3n) is 2.90. The van der Waals surface area contributed by atoms with Crippen LogP contribution in [0.2, 0.25) is 0 Å². The van der Waals surface area contributed by atoms with Crippen LogP contribution in [0.5, 0.6) is 0 Å². The highest BCUT2D eigenvalue weighted by molar-refractivity contribution is 7.84. The second-order valence-corrected chi connectivity index (χ2v) is 6.11. The number of piperidine rings is 1. The number of hydrogen-bond acceptors (Lipinski definition) is 3. The lowest BCUT2D eigenvalue weighted by Gasteiger charge is -2.33. The first kappa shape index (κ1) is 14.9. The lowest BCUT2D eigenvalue weighted by Crippen LogP contribution is -2.54. The largest absolute Gasteiger partial charge is 0.480 e. The highest BCUT2D eigenvalue weighted by atomic mass is 32.2. The molecule has 0 bridgehead atoms.